The molecule has 23 nitrogen and oxygen atoms in total. The van der Waals surface area contributed by atoms with Crippen molar-refractivity contribution in [2.24, 2.45) is 0 Å². The van der Waals surface area contributed by atoms with Gasteiger partial charge in [-0.05, 0) is 182 Å². The van der Waals surface area contributed by atoms with Gasteiger partial charge in [0.25, 0.3) is 0 Å². The van der Waals surface area contributed by atoms with E-state index in [1.54, 1.807) is 67.5 Å². The van der Waals surface area contributed by atoms with E-state index < -0.39 is 21.4 Å². The zero-order chi connectivity index (χ0) is 75.4. The Bertz CT molecular complexity index is 4380. The van der Waals surface area contributed by atoms with Gasteiger partial charge in [0.2, 0.25) is 17.8 Å². The highest BCUT2D eigenvalue weighted by Gasteiger charge is 2.23. The van der Waals surface area contributed by atoms with Crippen LogP contribution in [0.2, 0.25) is 15.1 Å². The van der Waals surface area contributed by atoms with Gasteiger partial charge >= 0.3 is 0 Å². The number of ether oxygens (including phenoxy) is 4. The van der Waals surface area contributed by atoms with Crippen LogP contribution in [0, 0.1) is 0 Å². The van der Waals surface area contributed by atoms with Crippen molar-refractivity contribution < 1.29 is 32.6 Å². The van der Waals surface area contributed by atoms with Crippen LogP contribution in [0.4, 0.5) is 69.4 Å². The molecule has 0 spiro atoms. The van der Waals surface area contributed by atoms with Crippen LogP contribution in [-0.2, 0) is 37.7 Å². The van der Waals surface area contributed by atoms with Crippen LogP contribution >= 0.6 is 56.2 Å². The maximum atomic E-state index is 12.7. The third-order valence-corrected chi connectivity index (χ3v) is 23.8. The number of hydrogen-bond acceptors (Lipinski definition) is 23. The van der Waals surface area contributed by atoms with Crippen LogP contribution in [0.1, 0.15) is 36.0 Å². The lowest BCUT2D eigenvalue weighted by Gasteiger charge is -2.32. The van der Waals surface area contributed by atoms with Crippen LogP contribution < -0.4 is 62.0 Å². The maximum Gasteiger partial charge on any atom is 0.229 e. The number of anilines is 12. The summed E-state index contributed by atoms with van der Waals surface area (Å²) in [4.78, 5) is 36.5. The van der Waals surface area contributed by atoms with Gasteiger partial charge in [0, 0.05) is 74.8 Å². The summed E-state index contributed by atoms with van der Waals surface area (Å²) < 4.78 is 60.5. The summed E-state index contributed by atoms with van der Waals surface area (Å²) in [5.41, 5.74) is 8.06. The lowest BCUT2D eigenvalue weighted by Crippen LogP contribution is -2.45. The minimum absolute atomic E-state index is 0.359. The van der Waals surface area contributed by atoms with Crippen LogP contribution in [0.15, 0.2) is 146 Å². The lowest BCUT2D eigenvalue weighted by molar-refractivity contribution is 0.0384. The van der Waals surface area contributed by atoms with Crippen LogP contribution in [-0.4, -0.2) is 203 Å². The van der Waals surface area contributed by atoms with Gasteiger partial charge in [-0.2, -0.15) is 15.0 Å². The number of para-hydroxylation sites is 3. The average molecular weight is 1560 g/mol. The second-order valence-corrected chi connectivity index (χ2v) is 38.2. The number of piperidine rings is 1. The van der Waals surface area contributed by atoms with E-state index in [0.717, 1.165) is 136 Å². The quantitative estimate of drug-likeness (QED) is 0.0262. The molecule has 29 heteroatoms. The molecule has 0 bridgehead atoms. The third-order valence-electron chi connectivity index (χ3n) is 18.3. The third kappa shape index (κ3) is 23.6. The number of methoxy groups -OCH3 is 3. The summed E-state index contributed by atoms with van der Waals surface area (Å²) in [5, 5.41) is 22.7. The summed E-state index contributed by atoms with van der Waals surface area (Å²) >= 11 is 19.1. The van der Waals surface area contributed by atoms with Gasteiger partial charge in [0.1, 0.15) is 53.7 Å². The van der Waals surface area contributed by atoms with E-state index in [0.29, 0.717) is 73.2 Å². The number of rotatable bonds is 27. The first-order valence-corrected chi connectivity index (χ1v) is 44.4. The van der Waals surface area contributed by atoms with Gasteiger partial charge in [-0.1, -0.05) is 95.8 Å². The SMILES string of the molecule is COc1cc(CCN2CCCCC2)ccc1Nc1ncc(Cl)c(Nc2ccccc2P(C)(C)=O)n1.COc1cc(CCN2CCN(C)CC2)ccc1Nc1ncc(Cl)c(Nc2ccccc2P(C)(C)=O)n1.COc1cc(CCN2CCOCC2)ccc1Nc1ncc(Cl)c(Nc2ccccc2P(C)(C)=O)n1. The predicted molar refractivity (Wildman–Crippen MR) is 439 cm³/mol. The number of aromatic nitrogens is 6. The minimum atomic E-state index is -2.50. The molecule has 9 aromatic rings. The molecule has 6 N–H and O–H groups in total. The first-order valence-electron chi connectivity index (χ1n) is 35.5. The Labute approximate surface area is 638 Å². The number of nitrogens with zero attached hydrogens (tertiary/aromatic N) is 10. The monoisotopic (exact) mass is 1560 g/mol. The van der Waals surface area contributed by atoms with Crippen LogP contribution in [0.25, 0.3) is 0 Å². The molecule has 3 aliphatic rings. The molecule has 0 amide bonds. The summed E-state index contributed by atoms with van der Waals surface area (Å²) in [6.07, 6.45) is 11.4. The van der Waals surface area contributed by atoms with E-state index in [2.05, 4.69) is 119 Å². The average Bonchev–Trinajstić information content (AvgIpc) is 0.777. The van der Waals surface area contributed by atoms with E-state index in [4.69, 9.17) is 53.8 Å². The second kappa shape index (κ2) is 38.3. The molecule has 0 radical (unpaired) electrons. The summed E-state index contributed by atoms with van der Waals surface area (Å²) in [7, 11) is -0.342. The molecule has 6 aromatic carbocycles. The highest BCUT2D eigenvalue weighted by molar-refractivity contribution is 7.71. The van der Waals surface area contributed by atoms with Crippen molar-refractivity contribution in [3.05, 3.63) is 178 Å². The number of likely N-dealkylation sites (N-methyl/N-ethyl adjacent to an activating group) is 1. The van der Waals surface area contributed by atoms with Crippen molar-refractivity contribution in [2.75, 3.05) is 185 Å². The van der Waals surface area contributed by atoms with Gasteiger partial charge in [-0.15, -0.1) is 0 Å². The summed E-state index contributed by atoms with van der Waals surface area (Å²) in [6.45, 7) is 23.9. The molecular weight excluding hydrogens is 1460 g/mol. The van der Waals surface area contributed by atoms with Crippen LogP contribution in [0.5, 0.6) is 17.2 Å². The molecule has 0 aliphatic carbocycles. The van der Waals surface area contributed by atoms with E-state index in [1.165, 1.54) is 61.4 Å². The lowest BCUT2D eigenvalue weighted by atomic mass is 10.1. The van der Waals surface area contributed by atoms with Gasteiger partial charge in [-0.3, -0.25) is 4.90 Å². The highest BCUT2D eigenvalue weighted by atomic mass is 35.5. The summed E-state index contributed by atoms with van der Waals surface area (Å²) in [6, 6.07) is 40.8. The predicted octanol–water partition coefficient (Wildman–Crippen LogP) is 15.3. The molecule has 3 aliphatic heterocycles. The van der Waals surface area contributed by atoms with Crippen molar-refractivity contribution in [1.29, 1.82) is 0 Å². The number of likely N-dealkylation sites (tertiary alicyclic amines) is 1. The van der Waals surface area contributed by atoms with Crippen LogP contribution in [0.3, 0.4) is 0 Å². The standard InChI is InChI=1S/C26H34ClN6O2P.C26H33ClN5O2P.C25H31ClN5O3P/c1-32-13-15-33(16-14-32)12-11-19-9-10-21(23(17-19)35-2)30-26-28-18-20(27)25(31-26)29-22-7-5-6-8-24(22)36(3,4)34;1-34-23-17-19(13-16-32-14-7-4-8-15-32)11-12-21(23)30-26-28-18-20(27)25(31-26)29-22-9-5-6-10-24(22)35(2,3)33;1-33-22-16-18(10-11-31-12-14-34-15-13-31)8-9-20(22)29-25-27-17-19(26)24(30-25)28-21-6-4-5-7-23(21)35(2,3)32/h5-10,17-18H,11-16H2,1-4H3,(H2,28,29,30,31);5-6,9-12,17-18H,4,7-8,13-16H2,1-3H3,(H2,28,29,30,31);4-9,16-17H,10-15H2,1-3H3,(H2,27,28,29,30). The van der Waals surface area contributed by atoms with Gasteiger partial charge in [0.05, 0.1) is 87.3 Å². The molecule has 3 saturated heterocycles. The normalized spacial score (nSPS) is 14.7. The van der Waals surface area contributed by atoms with E-state index >= 15 is 0 Å². The zero-order valence-electron chi connectivity index (χ0n) is 62.1. The fourth-order valence-electron chi connectivity index (χ4n) is 12.4. The van der Waals surface area contributed by atoms with Crippen molar-refractivity contribution >= 4 is 142 Å². The van der Waals surface area contributed by atoms with E-state index in [9.17, 15) is 13.7 Å². The molecule has 3 aromatic heterocycles. The second-order valence-electron chi connectivity index (χ2n) is 27.4. The molecule has 6 heterocycles. The molecule has 0 atom stereocenters. The highest BCUT2D eigenvalue weighted by Crippen LogP contribution is 2.42. The summed E-state index contributed by atoms with van der Waals surface area (Å²) in [5.74, 6) is 4.57. The van der Waals surface area contributed by atoms with Gasteiger partial charge in [-0.25, -0.2) is 15.0 Å². The van der Waals surface area contributed by atoms with Crippen molar-refractivity contribution in [2.45, 2.75) is 38.5 Å². The topological polar surface area (TPSA) is 251 Å². The number of benzene rings is 6. The largest absolute Gasteiger partial charge is 0.495 e. The molecule has 12 rings (SSSR count). The van der Waals surface area contributed by atoms with E-state index in [-0.39, 0.29) is 0 Å². The number of morpholine rings is 1. The van der Waals surface area contributed by atoms with Crippen molar-refractivity contribution in [3.8, 4) is 17.2 Å². The molecule has 564 valence electrons. The molecular formula is C77H98Cl3N16O7P3. The number of piperazine rings is 1. The zero-order valence-corrected chi connectivity index (χ0v) is 67.0. The Morgan fingerprint density at radius 2 is 0.708 bits per heavy atom. The Kier molecular flexibility index (Phi) is 29.1. The molecule has 0 saturated carbocycles. The Morgan fingerprint density at radius 1 is 0.396 bits per heavy atom. The fourth-order valence-corrected chi connectivity index (χ4v) is 16.2. The van der Waals surface area contributed by atoms with Gasteiger partial charge < -0.3 is 79.2 Å². The maximum absolute atomic E-state index is 12.7. The molecule has 0 unspecified atom stereocenters. The number of nitrogens with one attached hydrogen (secondary N) is 6. The Balaban J connectivity index is 0.000000170. The van der Waals surface area contributed by atoms with E-state index in [1.807, 2.05) is 97.1 Å². The number of halogens is 3. The van der Waals surface area contributed by atoms with Crippen molar-refractivity contribution in [3.63, 3.8) is 0 Å². The Hall–Kier alpha value is -7.88. The molecule has 106 heavy (non-hydrogen) atoms. The number of hydrogen-bond donors (Lipinski definition) is 6. The molecule has 3 fully saturated rings. The fraction of sp³-hybridized carbons (Fsp3) is 0.377. The van der Waals surface area contributed by atoms with Gasteiger partial charge in [0.15, 0.2) is 17.5 Å². The first-order chi connectivity index (χ1) is 50.9. The minimum Gasteiger partial charge on any atom is -0.495 e. The Morgan fingerprint density at radius 3 is 1.03 bits per heavy atom. The smallest absolute Gasteiger partial charge is 0.229 e. The van der Waals surface area contributed by atoms with Crippen molar-refractivity contribution in [1.82, 2.24) is 49.5 Å². The first kappa shape index (κ1) is 80.7.